The van der Waals surface area contributed by atoms with Gasteiger partial charge in [-0.05, 0) is 29.0 Å². The van der Waals surface area contributed by atoms with E-state index in [4.69, 9.17) is 0 Å². The quantitative estimate of drug-likeness (QED) is 0.653. The molecule has 0 spiro atoms. The van der Waals surface area contributed by atoms with Crippen molar-refractivity contribution in [3.8, 4) is 10.4 Å². The molecule has 90 valence electrons. The molecule has 1 heterocycles. The first-order chi connectivity index (χ1) is 8.09. The lowest BCUT2D eigenvalue weighted by atomic mass is 9.99. The molecule has 0 atom stereocenters. The molecular formula is C16H20S. The van der Waals surface area contributed by atoms with E-state index in [0.29, 0.717) is 11.8 Å². The summed E-state index contributed by atoms with van der Waals surface area (Å²) in [6.07, 6.45) is 0. The van der Waals surface area contributed by atoms with Crippen LogP contribution in [0.5, 0.6) is 0 Å². The van der Waals surface area contributed by atoms with E-state index in [2.05, 4.69) is 64.1 Å². The zero-order valence-corrected chi connectivity index (χ0v) is 11.8. The van der Waals surface area contributed by atoms with Crippen molar-refractivity contribution in [2.45, 2.75) is 39.5 Å². The molecule has 1 aromatic carbocycles. The van der Waals surface area contributed by atoms with Crippen LogP contribution in [0.1, 0.15) is 50.0 Å². The predicted octanol–water partition coefficient (Wildman–Crippen LogP) is 5.66. The minimum absolute atomic E-state index is 0.592. The van der Waals surface area contributed by atoms with E-state index < -0.39 is 0 Å². The van der Waals surface area contributed by atoms with Crippen LogP contribution in [0.3, 0.4) is 0 Å². The largest absolute Gasteiger partial charge is 0.140 e. The van der Waals surface area contributed by atoms with Crippen molar-refractivity contribution in [3.63, 3.8) is 0 Å². The Hall–Kier alpha value is -1.08. The summed E-state index contributed by atoms with van der Waals surface area (Å²) in [6, 6.07) is 13.1. The fourth-order valence-corrected chi connectivity index (χ4v) is 3.28. The van der Waals surface area contributed by atoms with Gasteiger partial charge in [0.15, 0.2) is 0 Å². The molecule has 1 aromatic heterocycles. The monoisotopic (exact) mass is 244 g/mol. The average Bonchev–Trinajstić information content (AvgIpc) is 2.75. The Morgan fingerprint density at radius 2 is 1.53 bits per heavy atom. The molecule has 0 saturated heterocycles. The standard InChI is InChI=1S/C16H20S/c1-11(2)14-10-15(12(3)4)17-16(14)13-8-6-5-7-9-13/h5-12H,1-4H3. The second-order valence-electron chi connectivity index (χ2n) is 5.11. The highest BCUT2D eigenvalue weighted by atomic mass is 32.1. The van der Waals surface area contributed by atoms with Crippen LogP contribution in [-0.2, 0) is 0 Å². The average molecular weight is 244 g/mol. The fourth-order valence-electron chi connectivity index (χ4n) is 1.95. The van der Waals surface area contributed by atoms with E-state index in [0.717, 1.165) is 0 Å². The highest BCUT2D eigenvalue weighted by molar-refractivity contribution is 7.15. The molecule has 2 rings (SSSR count). The third-order valence-corrected chi connectivity index (χ3v) is 4.51. The van der Waals surface area contributed by atoms with Gasteiger partial charge in [0.05, 0.1) is 0 Å². The number of thiophene rings is 1. The lowest BCUT2D eigenvalue weighted by Gasteiger charge is -2.06. The van der Waals surface area contributed by atoms with Crippen molar-refractivity contribution in [2.75, 3.05) is 0 Å². The number of benzene rings is 1. The zero-order chi connectivity index (χ0) is 12.4. The summed E-state index contributed by atoms with van der Waals surface area (Å²) >= 11 is 1.95. The zero-order valence-electron chi connectivity index (χ0n) is 11.0. The van der Waals surface area contributed by atoms with Crippen LogP contribution in [0.4, 0.5) is 0 Å². The Kier molecular flexibility index (Phi) is 3.68. The molecule has 0 amide bonds. The van der Waals surface area contributed by atoms with E-state index in [1.54, 1.807) is 0 Å². The van der Waals surface area contributed by atoms with E-state index >= 15 is 0 Å². The van der Waals surface area contributed by atoms with Crippen LogP contribution in [0.15, 0.2) is 36.4 Å². The van der Waals surface area contributed by atoms with Gasteiger partial charge in [-0.3, -0.25) is 0 Å². The van der Waals surface area contributed by atoms with Gasteiger partial charge in [0.2, 0.25) is 0 Å². The molecule has 2 aromatic rings. The van der Waals surface area contributed by atoms with Gasteiger partial charge in [-0.1, -0.05) is 58.0 Å². The lowest BCUT2D eigenvalue weighted by molar-refractivity contribution is 0.857. The molecular weight excluding hydrogens is 224 g/mol. The smallest absolute Gasteiger partial charge is 0.0380 e. The van der Waals surface area contributed by atoms with Crippen LogP contribution >= 0.6 is 11.3 Å². The normalized spacial score (nSPS) is 11.4. The van der Waals surface area contributed by atoms with Crippen LogP contribution in [0.25, 0.3) is 10.4 Å². The highest BCUT2D eigenvalue weighted by Gasteiger charge is 2.14. The molecule has 0 nitrogen and oxygen atoms in total. The third-order valence-electron chi connectivity index (χ3n) is 3.01. The molecule has 0 radical (unpaired) electrons. The Bertz CT molecular complexity index is 477. The summed E-state index contributed by atoms with van der Waals surface area (Å²) in [5, 5.41) is 0. The maximum atomic E-state index is 2.39. The molecule has 0 N–H and O–H groups in total. The molecule has 1 heteroatoms. The van der Waals surface area contributed by atoms with Gasteiger partial charge < -0.3 is 0 Å². The number of hydrogen-bond acceptors (Lipinski definition) is 1. The van der Waals surface area contributed by atoms with E-state index in [-0.39, 0.29) is 0 Å². The van der Waals surface area contributed by atoms with Crippen LogP contribution in [0.2, 0.25) is 0 Å². The van der Waals surface area contributed by atoms with Gasteiger partial charge in [0, 0.05) is 9.75 Å². The van der Waals surface area contributed by atoms with Gasteiger partial charge in [0.25, 0.3) is 0 Å². The third kappa shape index (κ3) is 2.61. The number of rotatable bonds is 3. The van der Waals surface area contributed by atoms with Crippen LogP contribution < -0.4 is 0 Å². The second-order valence-corrected chi connectivity index (χ2v) is 6.19. The minimum atomic E-state index is 0.592. The summed E-state index contributed by atoms with van der Waals surface area (Å²) in [7, 11) is 0. The van der Waals surface area contributed by atoms with E-state index in [9.17, 15) is 0 Å². The molecule has 0 aliphatic rings. The van der Waals surface area contributed by atoms with E-state index in [1.165, 1.54) is 20.9 Å². The number of hydrogen-bond donors (Lipinski definition) is 0. The maximum absolute atomic E-state index is 2.39. The second kappa shape index (κ2) is 5.05. The Labute approximate surface area is 108 Å². The molecule has 0 bridgehead atoms. The first kappa shape index (κ1) is 12.4. The van der Waals surface area contributed by atoms with Gasteiger partial charge in [0.1, 0.15) is 0 Å². The molecule has 0 saturated carbocycles. The first-order valence-electron chi connectivity index (χ1n) is 6.28. The van der Waals surface area contributed by atoms with Crippen molar-refractivity contribution in [1.29, 1.82) is 0 Å². The summed E-state index contributed by atoms with van der Waals surface area (Å²) in [5.74, 6) is 1.21. The van der Waals surface area contributed by atoms with Gasteiger partial charge in [-0.15, -0.1) is 11.3 Å². The Morgan fingerprint density at radius 3 is 2.06 bits per heavy atom. The maximum Gasteiger partial charge on any atom is 0.0380 e. The van der Waals surface area contributed by atoms with Crippen molar-refractivity contribution in [3.05, 3.63) is 46.8 Å². The molecule has 0 unspecified atom stereocenters. The van der Waals surface area contributed by atoms with Crippen LogP contribution in [-0.4, -0.2) is 0 Å². The summed E-state index contributed by atoms with van der Waals surface area (Å²) < 4.78 is 0. The molecule has 0 aliphatic heterocycles. The fraction of sp³-hybridized carbons (Fsp3) is 0.375. The van der Waals surface area contributed by atoms with Crippen LogP contribution in [0, 0.1) is 0 Å². The van der Waals surface area contributed by atoms with Crippen molar-refractivity contribution >= 4 is 11.3 Å². The Balaban J connectivity index is 2.52. The summed E-state index contributed by atoms with van der Waals surface area (Å²) in [6.45, 7) is 9.09. The summed E-state index contributed by atoms with van der Waals surface area (Å²) in [4.78, 5) is 2.94. The molecule has 0 aliphatic carbocycles. The topological polar surface area (TPSA) is 0 Å². The van der Waals surface area contributed by atoms with Crippen molar-refractivity contribution < 1.29 is 0 Å². The lowest BCUT2D eigenvalue weighted by Crippen LogP contribution is -1.87. The highest BCUT2D eigenvalue weighted by Crippen LogP contribution is 2.39. The molecule has 17 heavy (non-hydrogen) atoms. The minimum Gasteiger partial charge on any atom is -0.140 e. The Morgan fingerprint density at radius 1 is 0.882 bits per heavy atom. The van der Waals surface area contributed by atoms with Gasteiger partial charge >= 0.3 is 0 Å². The SMILES string of the molecule is CC(C)c1cc(C(C)C)c(-c2ccccc2)s1. The van der Waals surface area contributed by atoms with E-state index in [1.807, 2.05) is 11.3 Å². The predicted molar refractivity (Wildman–Crippen MR) is 77.9 cm³/mol. The van der Waals surface area contributed by atoms with Gasteiger partial charge in [-0.2, -0.15) is 0 Å². The molecule has 0 fully saturated rings. The van der Waals surface area contributed by atoms with Crippen molar-refractivity contribution in [2.24, 2.45) is 0 Å². The van der Waals surface area contributed by atoms with Crippen molar-refractivity contribution in [1.82, 2.24) is 0 Å². The summed E-state index contributed by atoms with van der Waals surface area (Å²) in [5.41, 5.74) is 2.85. The first-order valence-corrected chi connectivity index (χ1v) is 7.10. The van der Waals surface area contributed by atoms with Gasteiger partial charge in [-0.25, -0.2) is 0 Å².